The number of aliphatic hydroxyl groups is 1. The number of nitrogens with one attached hydrogen (secondary N) is 1. The molecule has 41 heavy (non-hydrogen) atoms. The Balaban J connectivity index is 1.52. The molecule has 13 heteroatoms. The Bertz CT molecular complexity index is 1480. The lowest BCUT2D eigenvalue weighted by atomic mass is 9.98. The van der Waals surface area contributed by atoms with E-state index in [1.807, 2.05) is 55.5 Å². The first kappa shape index (κ1) is 29.7. The summed E-state index contributed by atoms with van der Waals surface area (Å²) in [6.07, 6.45) is -1.22. The van der Waals surface area contributed by atoms with Gasteiger partial charge in [-0.3, -0.25) is 4.57 Å². The number of carbonyl (C=O) groups is 2. The Hall–Kier alpha value is -4.23. The minimum absolute atomic E-state index is 0.0166. The summed E-state index contributed by atoms with van der Waals surface area (Å²) in [4.78, 5) is 29.7. The maximum Gasteiger partial charge on any atom is 0.510 e. The zero-order chi connectivity index (χ0) is 29.6. The molecule has 2 aromatic carbocycles. The van der Waals surface area contributed by atoms with Gasteiger partial charge in [-0.05, 0) is 55.4 Å². The number of H-pyrrole nitrogens is 1. The number of aromatic nitrogens is 6. The van der Waals surface area contributed by atoms with E-state index >= 15 is 0 Å². The number of thioether (sulfide) groups is 1. The second-order valence-electron chi connectivity index (χ2n) is 9.76. The maximum absolute atomic E-state index is 13.2. The predicted molar refractivity (Wildman–Crippen MR) is 151 cm³/mol. The van der Waals surface area contributed by atoms with Crippen molar-refractivity contribution in [1.82, 2.24) is 30.2 Å². The number of ether oxygens (including phenoxy) is 3. The summed E-state index contributed by atoms with van der Waals surface area (Å²) in [5.74, 6) is 0.411. The number of aromatic amines is 1. The molecule has 0 radical (unpaired) electrons. The highest BCUT2D eigenvalue weighted by atomic mass is 32.2. The zero-order valence-electron chi connectivity index (χ0n) is 23.5. The van der Waals surface area contributed by atoms with Gasteiger partial charge in [0.1, 0.15) is 12.2 Å². The van der Waals surface area contributed by atoms with Gasteiger partial charge in [-0.15, -0.1) is 10.2 Å². The number of carbonyl (C=O) groups excluding carboxylic acids is 2. The van der Waals surface area contributed by atoms with E-state index in [0.29, 0.717) is 16.7 Å². The van der Waals surface area contributed by atoms with Crippen molar-refractivity contribution in [2.75, 3.05) is 5.75 Å². The number of hydrogen-bond acceptors (Lipinski definition) is 11. The number of hydrogen-bond donors (Lipinski definition) is 2. The van der Waals surface area contributed by atoms with Crippen molar-refractivity contribution in [2.45, 2.75) is 64.8 Å². The van der Waals surface area contributed by atoms with Crippen LogP contribution >= 0.6 is 11.8 Å². The van der Waals surface area contributed by atoms with E-state index < -0.39 is 17.7 Å². The SMILES string of the molecule is CCSc1nc(C(=O)OCc2ccc(-c3ccccc3-c3nn[nH]n3)cc2)c(C(C)(C)O)n1COC(=O)OC(C)C. The van der Waals surface area contributed by atoms with Gasteiger partial charge in [0.25, 0.3) is 0 Å². The quantitative estimate of drug-likeness (QED) is 0.183. The molecule has 2 heterocycles. The first-order chi connectivity index (χ1) is 19.6. The molecular weight excluding hydrogens is 548 g/mol. The first-order valence-corrected chi connectivity index (χ1v) is 14.0. The monoisotopic (exact) mass is 580 g/mol. The molecular formula is C28H32N6O6S. The molecule has 0 spiro atoms. The van der Waals surface area contributed by atoms with Crippen LogP contribution in [0.3, 0.4) is 0 Å². The summed E-state index contributed by atoms with van der Waals surface area (Å²) < 4.78 is 17.4. The van der Waals surface area contributed by atoms with Crippen LogP contribution in [0.1, 0.15) is 56.4 Å². The highest BCUT2D eigenvalue weighted by Gasteiger charge is 2.33. The Labute approximate surface area is 241 Å². The van der Waals surface area contributed by atoms with Crippen LogP contribution in [0, 0.1) is 0 Å². The fourth-order valence-electron chi connectivity index (χ4n) is 4.10. The van der Waals surface area contributed by atoms with Crippen LogP contribution in [0.4, 0.5) is 4.79 Å². The van der Waals surface area contributed by atoms with Gasteiger partial charge in [-0.25, -0.2) is 14.6 Å². The molecule has 0 aliphatic rings. The van der Waals surface area contributed by atoms with Gasteiger partial charge >= 0.3 is 12.1 Å². The van der Waals surface area contributed by atoms with Crippen molar-refractivity contribution in [3.8, 4) is 22.5 Å². The highest BCUT2D eigenvalue weighted by Crippen LogP contribution is 2.32. The summed E-state index contributed by atoms with van der Waals surface area (Å²) in [6, 6.07) is 15.3. The van der Waals surface area contributed by atoms with Gasteiger partial charge < -0.3 is 19.3 Å². The Kier molecular flexibility index (Phi) is 9.40. The van der Waals surface area contributed by atoms with Crippen molar-refractivity contribution >= 4 is 23.9 Å². The maximum atomic E-state index is 13.2. The average molecular weight is 581 g/mol. The minimum atomic E-state index is -1.49. The van der Waals surface area contributed by atoms with Crippen LogP contribution in [0.25, 0.3) is 22.5 Å². The average Bonchev–Trinajstić information content (AvgIpc) is 3.59. The van der Waals surface area contributed by atoms with E-state index in [0.717, 1.165) is 22.3 Å². The van der Waals surface area contributed by atoms with E-state index in [1.165, 1.54) is 30.2 Å². The van der Waals surface area contributed by atoms with Gasteiger partial charge in [0.05, 0.1) is 11.8 Å². The van der Waals surface area contributed by atoms with Crippen molar-refractivity contribution in [1.29, 1.82) is 0 Å². The van der Waals surface area contributed by atoms with E-state index in [2.05, 4.69) is 25.6 Å². The molecule has 0 atom stereocenters. The van der Waals surface area contributed by atoms with Gasteiger partial charge in [0, 0.05) is 5.56 Å². The van der Waals surface area contributed by atoms with Crippen molar-refractivity contribution < 1.29 is 28.9 Å². The fourth-order valence-corrected chi connectivity index (χ4v) is 4.81. The van der Waals surface area contributed by atoms with E-state index in [1.54, 1.807) is 13.8 Å². The Morgan fingerprint density at radius 3 is 2.39 bits per heavy atom. The van der Waals surface area contributed by atoms with Crippen LogP contribution < -0.4 is 0 Å². The second kappa shape index (κ2) is 13.0. The summed E-state index contributed by atoms with van der Waals surface area (Å²) in [7, 11) is 0. The van der Waals surface area contributed by atoms with E-state index in [4.69, 9.17) is 14.2 Å². The van der Waals surface area contributed by atoms with Crippen LogP contribution in [-0.4, -0.2) is 59.3 Å². The molecule has 2 aromatic heterocycles. The smallest absolute Gasteiger partial charge is 0.456 e. The Morgan fingerprint density at radius 1 is 1.07 bits per heavy atom. The lowest BCUT2D eigenvalue weighted by molar-refractivity contribution is 0.00653. The molecule has 0 saturated carbocycles. The van der Waals surface area contributed by atoms with Gasteiger partial charge in [0.2, 0.25) is 5.82 Å². The summed E-state index contributed by atoms with van der Waals surface area (Å²) in [5.41, 5.74) is 2.07. The number of benzene rings is 2. The highest BCUT2D eigenvalue weighted by molar-refractivity contribution is 7.99. The molecule has 0 amide bonds. The third-order valence-electron chi connectivity index (χ3n) is 5.77. The van der Waals surface area contributed by atoms with Crippen LogP contribution in [0.15, 0.2) is 53.7 Å². The zero-order valence-corrected chi connectivity index (χ0v) is 24.3. The van der Waals surface area contributed by atoms with Gasteiger partial charge in [-0.1, -0.05) is 67.2 Å². The summed E-state index contributed by atoms with van der Waals surface area (Å²) in [5, 5.41) is 25.6. The largest absolute Gasteiger partial charge is 0.510 e. The molecule has 0 saturated heterocycles. The fraction of sp³-hybridized carbons (Fsp3) is 0.357. The number of rotatable bonds is 11. The standard InChI is InChI=1S/C28H32N6O6S/c1-6-41-26-29-22(23(28(4,5)37)34(26)16-39-27(36)40-17(2)3)25(35)38-15-18-11-13-19(14-12-18)20-9-7-8-10-21(20)24-30-32-33-31-24/h7-14,17,37H,6,15-16H2,1-5H3,(H,30,31,32,33). The van der Waals surface area contributed by atoms with Crippen molar-refractivity contribution in [3.05, 3.63) is 65.5 Å². The Morgan fingerprint density at radius 2 is 1.78 bits per heavy atom. The van der Waals surface area contributed by atoms with Gasteiger partial charge in [-0.2, -0.15) is 5.21 Å². The molecule has 12 nitrogen and oxygen atoms in total. The molecule has 0 unspecified atom stereocenters. The van der Waals surface area contributed by atoms with Crippen LogP contribution in [-0.2, 0) is 33.1 Å². The number of esters is 1. The number of nitrogens with zero attached hydrogens (tertiary/aromatic N) is 5. The second-order valence-corrected chi connectivity index (χ2v) is 11.0. The van der Waals surface area contributed by atoms with Crippen molar-refractivity contribution in [3.63, 3.8) is 0 Å². The lowest BCUT2D eigenvalue weighted by Gasteiger charge is -2.22. The number of tetrazole rings is 1. The van der Waals surface area contributed by atoms with E-state index in [-0.39, 0.29) is 30.8 Å². The molecule has 2 N–H and O–H groups in total. The third kappa shape index (κ3) is 7.30. The topological polar surface area (TPSA) is 154 Å². The van der Waals surface area contributed by atoms with E-state index in [9.17, 15) is 14.7 Å². The molecule has 0 aliphatic heterocycles. The molecule has 0 aliphatic carbocycles. The minimum Gasteiger partial charge on any atom is -0.456 e. The molecule has 216 valence electrons. The molecule has 0 bridgehead atoms. The van der Waals surface area contributed by atoms with Crippen LogP contribution in [0.5, 0.6) is 0 Å². The lowest BCUT2D eigenvalue weighted by Crippen LogP contribution is -2.26. The van der Waals surface area contributed by atoms with Crippen molar-refractivity contribution in [2.24, 2.45) is 0 Å². The summed E-state index contributed by atoms with van der Waals surface area (Å²) in [6.45, 7) is 8.07. The predicted octanol–water partition coefficient (Wildman–Crippen LogP) is 4.95. The van der Waals surface area contributed by atoms with Gasteiger partial charge in [0.15, 0.2) is 17.6 Å². The number of imidazole rings is 1. The first-order valence-electron chi connectivity index (χ1n) is 13.0. The molecule has 4 aromatic rings. The van der Waals surface area contributed by atoms with Crippen LogP contribution in [0.2, 0.25) is 0 Å². The third-order valence-corrected chi connectivity index (χ3v) is 6.63. The summed E-state index contributed by atoms with van der Waals surface area (Å²) >= 11 is 1.34. The molecule has 0 fully saturated rings. The molecule has 4 rings (SSSR count). The normalized spacial score (nSPS) is 11.5.